The number of amides is 4. The molecule has 4 amide bonds. The molecule has 1 heterocycles. The molecule has 3 aromatic carbocycles. The van der Waals surface area contributed by atoms with Crippen molar-refractivity contribution < 1.29 is 28.6 Å². The van der Waals surface area contributed by atoms with E-state index >= 15 is 0 Å². The van der Waals surface area contributed by atoms with Gasteiger partial charge in [-0.3, -0.25) is 14.9 Å². The van der Waals surface area contributed by atoms with Gasteiger partial charge in [0, 0.05) is 0 Å². The molecule has 3 aromatic rings. The standard InChI is InChI=1S/C28H23Cl3N2O6/c1-3-10-38-19-7-5-18(6-8-19)33-27(35)20(26(34)32-28(33)36)11-17-13-23(31)25(24(14-17)37-2)39-15-16-4-9-21(29)22(30)12-16/h4-9,11-14H,3,10,15H2,1-2H3,(H,32,34,36)/b20-11-. The van der Waals surface area contributed by atoms with Crippen LogP contribution < -0.4 is 24.4 Å². The number of halogens is 3. The number of urea groups is 1. The zero-order valence-corrected chi connectivity index (χ0v) is 23.2. The van der Waals surface area contributed by atoms with E-state index in [0.717, 1.165) is 16.9 Å². The van der Waals surface area contributed by atoms with Crippen LogP contribution in [0.1, 0.15) is 24.5 Å². The number of carbonyl (C=O) groups is 3. The summed E-state index contributed by atoms with van der Waals surface area (Å²) in [6.45, 7) is 2.65. The number of methoxy groups -OCH3 is 1. The average Bonchev–Trinajstić information content (AvgIpc) is 2.91. The monoisotopic (exact) mass is 588 g/mol. The molecule has 1 aliphatic rings. The smallest absolute Gasteiger partial charge is 0.335 e. The molecule has 0 aromatic heterocycles. The Morgan fingerprint density at radius 1 is 0.897 bits per heavy atom. The Kier molecular flexibility index (Phi) is 9.01. The van der Waals surface area contributed by atoms with E-state index in [1.807, 2.05) is 6.92 Å². The third-order valence-corrected chi connectivity index (χ3v) is 6.62. The fourth-order valence-electron chi connectivity index (χ4n) is 3.72. The van der Waals surface area contributed by atoms with Gasteiger partial charge in [0.25, 0.3) is 11.8 Å². The van der Waals surface area contributed by atoms with Crippen molar-refractivity contribution in [2.45, 2.75) is 20.0 Å². The number of ether oxygens (including phenoxy) is 3. The summed E-state index contributed by atoms with van der Waals surface area (Å²) in [7, 11) is 1.43. The molecule has 0 unspecified atom stereocenters. The third kappa shape index (κ3) is 6.47. The minimum atomic E-state index is -0.856. The second-order valence-electron chi connectivity index (χ2n) is 8.37. The zero-order chi connectivity index (χ0) is 28.1. The van der Waals surface area contributed by atoms with Crippen LogP contribution in [0.5, 0.6) is 17.2 Å². The maximum Gasteiger partial charge on any atom is 0.335 e. The van der Waals surface area contributed by atoms with E-state index in [1.54, 1.807) is 48.5 Å². The number of nitrogens with zero attached hydrogens (tertiary/aromatic N) is 1. The van der Waals surface area contributed by atoms with Crippen molar-refractivity contribution in [2.75, 3.05) is 18.6 Å². The largest absolute Gasteiger partial charge is 0.494 e. The lowest BCUT2D eigenvalue weighted by Gasteiger charge is -2.26. The first kappa shape index (κ1) is 28.3. The van der Waals surface area contributed by atoms with Gasteiger partial charge in [0.15, 0.2) is 11.5 Å². The molecule has 0 atom stereocenters. The molecule has 4 rings (SSSR count). The van der Waals surface area contributed by atoms with E-state index < -0.39 is 17.8 Å². The molecule has 0 radical (unpaired) electrons. The van der Waals surface area contributed by atoms with Gasteiger partial charge >= 0.3 is 6.03 Å². The molecule has 1 saturated heterocycles. The molecule has 11 heteroatoms. The van der Waals surface area contributed by atoms with E-state index in [0.29, 0.717) is 28.0 Å². The van der Waals surface area contributed by atoms with Crippen LogP contribution in [-0.2, 0) is 16.2 Å². The first-order chi connectivity index (χ1) is 18.7. The van der Waals surface area contributed by atoms with Crippen LogP contribution in [0.15, 0.2) is 60.2 Å². The summed E-state index contributed by atoms with van der Waals surface area (Å²) in [6, 6.07) is 13.7. The number of carbonyl (C=O) groups excluding carboxylic acids is 3. The van der Waals surface area contributed by atoms with Crippen molar-refractivity contribution in [1.29, 1.82) is 0 Å². The number of barbiturate groups is 1. The van der Waals surface area contributed by atoms with E-state index in [2.05, 4.69) is 5.32 Å². The summed E-state index contributed by atoms with van der Waals surface area (Å²) in [5, 5.41) is 3.19. The Bertz CT molecular complexity index is 1460. The minimum Gasteiger partial charge on any atom is -0.494 e. The van der Waals surface area contributed by atoms with Crippen LogP contribution >= 0.6 is 34.8 Å². The topological polar surface area (TPSA) is 94.2 Å². The van der Waals surface area contributed by atoms with Crippen molar-refractivity contribution in [3.05, 3.63) is 86.4 Å². The number of nitrogens with one attached hydrogen (secondary N) is 1. The molecule has 0 bridgehead atoms. The number of imide groups is 2. The van der Waals surface area contributed by atoms with Gasteiger partial charge in [-0.15, -0.1) is 0 Å². The van der Waals surface area contributed by atoms with Crippen LogP contribution in [0.3, 0.4) is 0 Å². The molecular weight excluding hydrogens is 567 g/mol. The lowest BCUT2D eigenvalue weighted by Crippen LogP contribution is -2.54. The number of rotatable bonds is 9. The molecule has 1 N–H and O–H groups in total. The van der Waals surface area contributed by atoms with Gasteiger partial charge in [-0.05, 0) is 72.2 Å². The predicted molar refractivity (Wildman–Crippen MR) is 150 cm³/mol. The fraction of sp³-hybridized carbons (Fsp3) is 0.179. The first-order valence-electron chi connectivity index (χ1n) is 11.8. The summed E-state index contributed by atoms with van der Waals surface area (Å²) in [4.78, 5) is 39.3. The molecule has 0 saturated carbocycles. The van der Waals surface area contributed by atoms with Gasteiger partial charge in [-0.2, -0.15) is 0 Å². The number of anilines is 1. The number of hydrogen-bond donors (Lipinski definition) is 1. The molecule has 1 aliphatic heterocycles. The first-order valence-corrected chi connectivity index (χ1v) is 12.9. The van der Waals surface area contributed by atoms with Crippen molar-refractivity contribution in [2.24, 2.45) is 0 Å². The minimum absolute atomic E-state index is 0.133. The SMILES string of the molecule is CCCOc1ccc(N2C(=O)NC(=O)/C(=C/c3cc(Cl)c(OCc4ccc(Cl)c(Cl)c4)c(OC)c3)C2=O)cc1. The lowest BCUT2D eigenvalue weighted by atomic mass is 10.1. The molecule has 1 fully saturated rings. The van der Waals surface area contributed by atoms with Crippen LogP contribution in [0.2, 0.25) is 15.1 Å². The molecule has 202 valence electrons. The second kappa shape index (κ2) is 12.4. The quantitative estimate of drug-likeness (QED) is 0.221. The Labute approximate surface area is 240 Å². The second-order valence-corrected chi connectivity index (χ2v) is 9.59. The maximum atomic E-state index is 13.3. The van der Waals surface area contributed by atoms with Gasteiger partial charge in [0.05, 0.1) is 34.5 Å². The Morgan fingerprint density at radius 3 is 2.31 bits per heavy atom. The number of hydrogen-bond acceptors (Lipinski definition) is 6. The maximum absolute atomic E-state index is 13.3. The highest BCUT2D eigenvalue weighted by molar-refractivity contribution is 6.42. The third-order valence-electron chi connectivity index (χ3n) is 5.60. The highest BCUT2D eigenvalue weighted by atomic mass is 35.5. The molecule has 0 spiro atoms. The van der Waals surface area contributed by atoms with E-state index in [-0.39, 0.29) is 34.4 Å². The van der Waals surface area contributed by atoms with Gasteiger partial charge in [-0.1, -0.05) is 47.8 Å². The van der Waals surface area contributed by atoms with Crippen molar-refractivity contribution in [3.8, 4) is 17.2 Å². The van der Waals surface area contributed by atoms with Gasteiger partial charge in [0.1, 0.15) is 17.9 Å². The normalized spacial score (nSPS) is 14.4. The van der Waals surface area contributed by atoms with Crippen LogP contribution in [0, 0.1) is 0 Å². The highest BCUT2D eigenvalue weighted by Gasteiger charge is 2.37. The van der Waals surface area contributed by atoms with Crippen LogP contribution in [0.4, 0.5) is 10.5 Å². The average molecular weight is 590 g/mol. The molecular formula is C28H23Cl3N2O6. The molecule has 0 aliphatic carbocycles. The Hall–Kier alpha value is -3.72. The summed E-state index contributed by atoms with van der Waals surface area (Å²) in [6.07, 6.45) is 2.16. The van der Waals surface area contributed by atoms with Crippen LogP contribution in [0.25, 0.3) is 6.08 Å². The molecule has 8 nitrogen and oxygen atoms in total. The van der Waals surface area contributed by atoms with E-state index in [9.17, 15) is 14.4 Å². The van der Waals surface area contributed by atoms with Crippen molar-refractivity contribution >= 4 is 64.4 Å². The van der Waals surface area contributed by atoms with Crippen molar-refractivity contribution in [3.63, 3.8) is 0 Å². The van der Waals surface area contributed by atoms with E-state index in [1.165, 1.54) is 19.3 Å². The van der Waals surface area contributed by atoms with Crippen molar-refractivity contribution in [1.82, 2.24) is 5.32 Å². The predicted octanol–water partition coefficient (Wildman–Crippen LogP) is 6.69. The summed E-state index contributed by atoms with van der Waals surface area (Å²) < 4.78 is 16.8. The van der Waals surface area contributed by atoms with Gasteiger partial charge in [-0.25, -0.2) is 9.69 Å². The summed E-state index contributed by atoms with van der Waals surface area (Å²) in [5.41, 5.74) is 1.16. The summed E-state index contributed by atoms with van der Waals surface area (Å²) >= 11 is 18.5. The van der Waals surface area contributed by atoms with E-state index in [4.69, 9.17) is 49.0 Å². The highest BCUT2D eigenvalue weighted by Crippen LogP contribution is 2.38. The Morgan fingerprint density at radius 2 is 1.64 bits per heavy atom. The summed E-state index contributed by atoms with van der Waals surface area (Å²) in [5.74, 6) is -0.497. The van der Waals surface area contributed by atoms with Gasteiger partial charge < -0.3 is 14.2 Å². The Balaban J connectivity index is 1.59. The fourth-order valence-corrected chi connectivity index (χ4v) is 4.31. The van der Waals surface area contributed by atoms with Gasteiger partial charge in [0.2, 0.25) is 0 Å². The zero-order valence-electron chi connectivity index (χ0n) is 20.9. The van der Waals surface area contributed by atoms with Crippen LogP contribution in [-0.4, -0.2) is 31.6 Å². The lowest BCUT2D eigenvalue weighted by molar-refractivity contribution is -0.122. The number of benzene rings is 3. The molecule has 39 heavy (non-hydrogen) atoms.